The van der Waals surface area contributed by atoms with Crippen molar-refractivity contribution in [2.24, 2.45) is 5.92 Å². The van der Waals surface area contributed by atoms with Gasteiger partial charge in [0.25, 0.3) is 0 Å². The van der Waals surface area contributed by atoms with E-state index in [2.05, 4.69) is 24.8 Å². The first-order valence-corrected chi connectivity index (χ1v) is 4.35. The first kappa shape index (κ1) is 8.55. The largest absolute Gasteiger partial charge is 0.299 e. The summed E-state index contributed by atoms with van der Waals surface area (Å²) in [6.45, 7) is 6.78. The summed E-state index contributed by atoms with van der Waals surface area (Å²) in [4.78, 5) is 2.41. The molecule has 2 nitrogen and oxygen atoms in total. The van der Waals surface area contributed by atoms with Crippen LogP contribution in [-0.2, 0) is 0 Å². The molecule has 1 aliphatic rings. The molecule has 11 heavy (non-hydrogen) atoms. The van der Waals surface area contributed by atoms with Gasteiger partial charge < -0.3 is 0 Å². The molecule has 1 rings (SSSR count). The van der Waals surface area contributed by atoms with E-state index in [1.807, 2.05) is 0 Å². The van der Waals surface area contributed by atoms with Gasteiger partial charge in [-0.25, -0.2) is 0 Å². The van der Waals surface area contributed by atoms with Crippen LogP contribution in [0.2, 0.25) is 0 Å². The molecule has 1 aliphatic heterocycles. The molecule has 0 bridgehead atoms. The Balaban J connectivity index is 2.32. The van der Waals surface area contributed by atoms with Gasteiger partial charge in [-0.15, -0.1) is 0 Å². The summed E-state index contributed by atoms with van der Waals surface area (Å²) in [6, 6.07) is 2.68. The van der Waals surface area contributed by atoms with Crippen molar-refractivity contribution < 1.29 is 0 Å². The number of hydrogen-bond acceptors (Lipinski definition) is 2. The number of rotatable bonds is 2. The van der Waals surface area contributed by atoms with Crippen LogP contribution in [0.1, 0.15) is 26.7 Å². The fraction of sp³-hybridized carbons (Fsp3) is 0.889. The van der Waals surface area contributed by atoms with E-state index in [9.17, 15) is 0 Å². The molecule has 0 saturated carbocycles. The van der Waals surface area contributed by atoms with Gasteiger partial charge in [0.1, 0.15) is 0 Å². The summed E-state index contributed by atoms with van der Waals surface area (Å²) >= 11 is 0. The minimum absolute atomic E-state index is 0.463. The zero-order valence-corrected chi connectivity index (χ0v) is 7.38. The summed E-state index contributed by atoms with van der Waals surface area (Å²) in [7, 11) is 0. The Labute approximate surface area is 68.8 Å². The molecule has 1 heterocycles. The maximum absolute atomic E-state index is 8.49. The van der Waals surface area contributed by atoms with Gasteiger partial charge in [0.15, 0.2) is 0 Å². The van der Waals surface area contributed by atoms with Crippen LogP contribution in [0.25, 0.3) is 0 Å². The van der Waals surface area contributed by atoms with Crippen LogP contribution in [0, 0.1) is 17.2 Å². The first-order chi connectivity index (χ1) is 5.24. The Morgan fingerprint density at radius 1 is 1.73 bits per heavy atom. The average molecular weight is 152 g/mol. The molecule has 1 fully saturated rings. The number of nitriles is 1. The van der Waals surface area contributed by atoms with Crippen molar-refractivity contribution in [1.82, 2.24) is 4.90 Å². The molecular formula is C9H16N2. The molecular weight excluding hydrogens is 136 g/mol. The minimum atomic E-state index is 0.463. The third kappa shape index (κ3) is 2.20. The molecule has 62 valence electrons. The maximum Gasteiger partial charge on any atom is 0.0638 e. The highest BCUT2D eigenvalue weighted by atomic mass is 15.2. The van der Waals surface area contributed by atoms with Crippen molar-refractivity contribution in [3.63, 3.8) is 0 Å². The maximum atomic E-state index is 8.49. The lowest BCUT2D eigenvalue weighted by Crippen LogP contribution is -2.30. The molecule has 0 spiro atoms. The van der Waals surface area contributed by atoms with E-state index in [1.54, 1.807) is 0 Å². The van der Waals surface area contributed by atoms with Crippen molar-refractivity contribution in [2.75, 3.05) is 13.1 Å². The molecule has 0 aromatic heterocycles. The number of likely N-dealkylation sites (tertiary alicyclic amines) is 1. The van der Waals surface area contributed by atoms with Gasteiger partial charge in [0.05, 0.1) is 12.5 Å². The van der Waals surface area contributed by atoms with E-state index in [4.69, 9.17) is 5.26 Å². The fourth-order valence-corrected chi connectivity index (χ4v) is 1.63. The molecule has 2 heteroatoms. The van der Waals surface area contributed by atoms with E-state index < -0.39 is 0 Å². The van der Waals surface area contributed by atoms with E-state index in [-0.39, 0.29) is 0 Å². The highest BCUT2D eigenvalue weighted by Crippen LogP contribution is 2.18. The monoisotopic (exact) mass is 152 g/mol. The lowest BCUT2D eigenvalue weighted by atomic mass is 10.2. The molecule has 0 aromatic rings. The second-order valence-corrected chi connectivity index (χ2v) is 3.60. The van der Waals surface area contributed by atoms with Crippen molar-refractivity contribution >= 4 is 0 Å². The molecule has 1 saturated heterocycles. The van der Waals surface area contributed by atoms with Crippen LogP contribution in [0.15, 0.2) is 0 Å². The lowest BCUT2D eigenvalue weighted by Gasteiger charge is -2.21. The number of hydrogen-bond donors (Lipinski definition) is 0. The summed E-state index contributed by atoms with van der Waals surface area (Å²) < 4.78 is 0. The Morgan fingerprint density at radius 3 is 2.91 bits per heavy atom. The molecule has 2 atom stereocenters. The third-order valence-electron chi connectivity index (χ3n) is 2.47. The summed E-state index contributed by atoms with van der Waals surface area (Å²) in [5.74, 6) is 0.830. The highest BCUT2D eigenvalue weighted by molar-refractivity contribution is 4.83. The highest BCUT2D eigenvalue weighted by Gasteiger charge is 2.22. The lowest BCUT2D eigenvalue weighted by molar-refractivity contribution is 0.254. The Hall–Kier alpha value is -0.550. The normalized spacial score (nSPS) is 28.3. The molecule has 0 amide bonds. The number of nitrogens with zero attached hydrogens (tertiary/aromatic N) is 2. The van der Waals surface area contributed by atoms with Gasteiger partial charge in [-0.1, -0.05) is 6.92 Å². The van der Waals surface area contributed by atoms with Gasteiger partial charge in [-0.3, -0.25) is 4.90 Å². The van der Waals surface area contributed by atoms with Crippen LogP contribution in [0.5, 0.6) is 0 Å². The summed E-state index contributed by atoms with van der Waals surface area (Å²) in [6.07, 6.45) is 1.97. The van der Waals surface area contributed by atoms with Crippen LogP contribution in [0.4, 0.5) is 0 Å². The molecule has 0 aliphatic carbocycles. The quantitative estimate of drug-likeness (QED) is 0.601. The Morgan fingerprint density at radius 2 is 2.45 bits per heavy atom. The van der Waals surface area contributed by atoms with E-state index in [1.165, 1.54) is 19.5 Å². The standard InChI is InChI=1S/C9H16N2/c1-8-4-6-11(7-8)9(2)3-5-10/h8-9H,3-4,6-7H2,1-2H3. The third-order valence-corrected chi connectivity index (χ3v) is 2.47. The summed E-state index contributed by atoms with van der Waals surface area (Å²) in [5, 5.41) is 8.49. The van der Waals surface area contributed by atoms with Crippen LogP contribution >= 0.6 is 0 Å². The fourth-order valence-electron chi connectivity index (χ4n) is 1.63. The Kier molecular flexibility index (Phi) is 2.90. The zero-order valence-electron chi connectivity index (χ0n) is 7.38. The topological polar surface area (TPSA) is 27.0 Å². The summed E-state index contributed by atoms with van der Waals surface area (Å²) in [5.41, 5.74) is 0. The Bertz CT molecular complexity index is 159. The van der Waals surface area contributed by atoms with Crippen molar-refractivity contribution in [2.45, 2.75) is 32.7 Å². The smallest absolute Gasteiger partial charge is 0.0638 e. The van der Waals surface area contributed by atoms with Crippen molar-refractivity contribution in [3.8, 4) is 6.07 Å². The van der Waals surface area contributed by atoms with Crippen LogP contribution in [-0.4, -0.2) is 24.0 Å². The van der Waals surface area contributed by atoms with Crippen molar-refractivity contribution in [3.05, 3.63) is 0 Å². The second-order valence-electron chi connectivity index (χ2n) is 3.60. The van der Waals surface area contributed by atoms with Crippen LogP contribution in [0.3, 0.4) is 0 Å². The predicted molar refractivity (Wildman–Crippen MR) is 45.0 cm³/mol. The first-order valence-electron chi connectivity index (χ1n) is 4.35. The molecule has 0 aromatic carbocycles. The average Bonchev–Trinajstić information content (AvgIpc) is 2.36. The van der Waals surface area contributed by atoms with Gasteiger partial charge >= 0.3 is 0 Å². The molecule has 2 unspecified atom stereocenters. The molecule has 0 radical (unpaired) electrons. The SMILES string of the molecule is CC1CCN(C(C)CC#N)C1. The second kappa shape index (κ2) is 3.73. The minimum Gasteiger partial charge on any atom is -0.299 e. The van der Waals surface area contributed by atoms with Crippen molar-refractivity contribution in [1.29, 1.82) is 5.26 Å². The van der Waals surface area contributed by atoms with Gasteiger partial charge in [0.2, 0.25) is 0 Å². The molecule has 0 N–H and O–H groups in total. The van der Waals surface area contributed by atoms with Gasteiger partial charge in [0, 0.05) is 12.6 Å². The van der Waals surface area contributed by atoms with Gasteiger partial charge in [-0.2, -0.15) is 5.26 Å². The van der Waals surface area contributed by atoms with Crippen LogP contribution < -0.4 is 0 Å². The van der Waals surface area contributed by atoms with E-state index >= 15 is 0 Å². The van der Waals surface area contributed by atoms with E-state index in [0.717, 1.165) is 5.92 Å². The zero-order chi connectivity index (χ0) is 8.27. The van der Waals surface area contributed by atoms with E-state index in [0.29, 0.717) is 12.5 Å². The predicted octanol–water partition coefficient (Wildman–Crippen LogP) is 1.63. The van der Waals surface area contributed by atoms with Gasteiger partial charge in [-0.05, 0) is 25.8 Å².